The summed E-state index contributed by atoms with van der Waals surface area (Å²) in [7, 11) is 0. The third-order valence-corrected chi connectivity index (χ3v) is 3.75. The van der Waals surface area contributed by atoms with Crippen molar-refractivity contribution in [2.75, 3.05) is 0 Å². The van der Waals surface area contributed by atoms with Gasteiger partial charge in [-0.05, 0) is 48.6 Å². The molecule has 94 valence electrons. The van der Waals surface area contributed by atoms with Crippen LogP contribution in [0.3, 0.4) is 0 Å². The van der Waals surface area contributed by atoms with Crippen LogP contribution < -0.4 is 0 Å². The maximum Gasteiger partial charge on any atom is 0.225 e. The van der Waals surface area contributed by atoms with Crippen molar-refractivity contribution in [1.29, 1.82) is 0 Å². The summed E-state index contributed by atoms with van der Waals surface area (Å²) in [5, 5.41) is 9.38. The van der Waals surface area contributed by atoms with Crippen LogP contribution in [0.2, 0.25) is 10.3 Å². The van der Waals surface area contributed by atoms with E-state index in [1.807, 2.05) is 28.8 Å². The second-order valence-corrected chi connectivity index (χ2v) is 5.40. The van der Waals surface area contributed by atoms with E-state index in [2.05, 4.69) is 10.2 Å². The molecule has 2 aromatic rings. The number of hydrogen-bond donors (Lipinski definition) is 0. The van der Waals surface area contributed by atoms with E-state index < -0.39 is 0 Å². The van der Waals surface area contributed by atoms with Crippen LogP contribution in [0.15, 0.2) is 24.3 Å². The molecule has 0 spiro atoms. The van der Waals surface area contributed by atoms with Crippen LogP contribution in [0.4, 0.5) is 0 Å². The van der Waals surface area contributed by atoms with Gasteiger partial charge in [-0.3, -0.25) is 0 Å². The molecule has 0 unspecified atom stereocenters. The summed E-state index contributed by atoms with van der Waals surface area (Å²) < 4.78 is 2.02. The largest absolute Gasteiger partial charge is 0.301 e. The maximum atomic E-state index is 6.08. The number of aromatic nitrogens is 3. The Kier molecular flexibility index (Phi) is 3.27. The molecular weight excluding hydrogens is 269 g/mol. The first-order valence-electron chi connectivity index (χ1n) is 6.07. The van der Waals surface area contributed by atoms with E-state index >= 15 is 0 Å². The summed E-state index contributed by atoms with van der Waals surface area (Å²) >= 11 is 11.9. The SMILES string of the molecule is Clc1ccc(CCn2c(Cl)nnc2C2CC2)cc1. The van der Waals surface area contributed by atoms with Crippen molar-refractivity contribution in [3.05, 3.63) is 46.0 Å². The number of benzene rings is 1. The second kappa shape index (κ2) is 4.90. The Morgan fingerprint density at radius 3 is 2.50 bits per heavy atom. The van der Waals surface area contributed by atoms with Gasteiger partial charge < -0.3 is 4.57 Å². The fraction of sp³-hybridized carbons (Fsp3) is 0.385. The summed E-state index contributed by atoms with van der Waals surface area (Å²) in [6.45, 7) is 0.819. The van der Waals surface area contributed by atoms with Crippen LogP contribution in [0.1, 0.15) is 30.1 Å². The number of nitrogens with zero attached hydrogens (tertiary/aromatic N) is 3. The lowest BCUT2D eigenvalue weighted by Gasteiger charge is -2.07. The lowest BCUT2D eigenvalue weighted by Crippen LogP contribution is -2.05. The number of aryl methyl sites for hydroxylation is 1. The Bertz CT molecular complexity index is 544. The molecule has 1 aromatic heterocycles. The summed E-state index contributed by atoms with van der Waals surface area (Å²) in [4.78, 5) is 0. The third-order valence-electron chi connectivity index (χ3n) is 3.21. The Morgan fingerprint density at radius 2 is 1.83 bits per heavy atom. The molecule has 1 aliphatic carbocycles. The highest BCUT2D eigenvalue weighted by atomic mass is 35.5. The van der Waals surface area contributed by atoms with Crippen molar-refractivity contribution < 1.29 is 0 Å². The number of rotatable bonds is 4. The normalized spacial score (nSPS) is 15.0. The molecule has 0 N–H and O–H groups in total. The summed E-state index contributed by atoms with van der Waals surface area (Å²) in [5.74, 6) is 1.60. The molecule has 0 aliphatic heterocycles. The molecule has 0 amide bonds. The zero-order valence-electron chi connectivity index (χ0n) is 9.81. The van der Waals surface area contributed by atoms with Crippen LogP contribution in [-0.2, 0) is 13.0 Å². The van der Waals surface area contributed by atoms with Gasteiger partial charge in [0, 0.05) is 17.5 Å². The molecule has 1 aromatic carbocycles. The second-order valence-electron chi connectivity index (χ2n) is 4.63. The van der Waals surface area contributed by atoms with Crippen LogP contribution in [0.25, 0.3) is 0 Å². The molecule has 1 aliphatic rings. The van der Waals surface area contributed by atoms with E-state index in [4.69, 9.17) is 23.2 Å². The van der Waals surface area contributed by atoms with Gasteiger partial charge in [0.15, 0.2) is 0 Å². The molecule has 1 saturated carbocycles. The molecule has 5 heteroatoms. The van der Waals surface area contributed by atoms with Crippen molar-refractivity contribution in [2.45, 2.75) is 31.7 Å². The van der Waals surface area contributed by atoms with Crippen LogP contribution in [0, 0.1) is 0 Å². The van der Waals surface area contributed by atoms with E-state index in [-0.39, 0.29) is 0 Å². The van der Waals surface area contributed by atoms with Gasteiger partial charge in [0.1, 0.15) is 5.82 Å². The molecule has 1 fully saturated rings. The van der Waals surface area contributed by atoms with Crippen LogP contribution >= 0.6 is 23.2 Å². The summed E-state index contributed by atoms with van der Waals surface area (Å²) in [6.07, 6.45) is 3.32. The first-order chi connectivity index (χ1) is 8.74. The minimum absolute atomic E-state index is 0.492. The quantitative estimate of drug-likeness (QED) is 0.856. The molecule has 0 saturated heterocycles. The number of hydrogen-bond acceptors (Lipinski definition) is 2. The van der Waals surface area contributed by atoms with Gasteiger partial charge in [0.25, 0.3) is 0 Å². The molecule has 0 radical (unpaired) electrons. The molecule has 0 bridgehead atoms. The summed E-state index contributed by atoms with van der Waals surface area (Å²) in [5.41, 5.74) is 1.24. The molecule has 18 heavy (non-hydrogen) atoms. The van der Waals surface area contributed by atoms with Crippen LogP contribution in [0.5, 0.6) is 0 Å². The predicted molar refractivity (Wildman–Crippen MR) is 72.2 cm³/mol. The van der Waals surface area contributed by atoms with Gasteiger partial charge >= 0.3 is 0 Å². The molecule has 3 nitrogen and oxygen atoms in total. The molecular formula is C13H13Cl2N3. The highest BCUT2D eigenvalue weighted by Crippen LogP contribution is 2.39. The van der Waals surface area contributed by atoms with Crippen molar-refractivity contribution >= 4 is 23.2 Å². The zero-order valence-corrected chi connectivity index (χ0v) is 11.3. The van der Waals surface area contributed by atoms with Crippen molar-refractivity contribution in [1.82, 2.24) is 14.8 Å². The van der Waals surface area contributed by atoms with Crippen LogP contribution in [-0.4, -0.2) is 14.8 Å². The minimum atomic E-state index is 0.492. The molecule has 1 heterocycles. The Hall–Kier alpha value is -1.06. The number of halogens is 2. The van der Waals surface area contributed by atoms with Gasteiger partial charge in [-0.2, -0.15) is 0 Å². The fourth-order valence-corrected chi connectivity index (χ4v) is 2.37. The van der Waals surface area contributed by atoms with Crippen molar-refractivity contribution in [3.63, 3.8) is 0 Å². The standard InChI is InChI=1S/C13H13Cl2N3/c14-11-5-1-9(2-6-11)7-8-18-12(10-3-4-10)16-17-13(18)15/h1-2,5-6,10H,3-4,7-8H2. The minimum Gasteiger partial charge on any atom is -0.301 e. The van der Waals surface area contributed by atoms with Crippen molar-refractivity contribution in [2.24, 2.45) is 0 Å². The Morgan fingerprint density at radius 1 is 1.11 bits per heavy atom. The fourth-order valence-electron chi connectivity index (χ4n) is 2.04. The van der Waals surface area contributed by atoms with Gasteiger partial charge in [0.05, 0.1) is 0 Å². The average molecular weight is 282 g/mol. The average Bonchev–Trinajstić information content (AvgIpc) is 3.14. The summed E-state index contributed by atoms with van der Waals surface area (Å²) in [6, 6.07) is 7.90. The third kappa shape index (κ3) is 2.52. The smallest absolute Gasteiger partial charge is 0.225 e. The molecule has 3 rings (SSSR count). The van der Waals surface area contributed by atoms with Gasteiger partial charge in [-0.1, -0.05) is 23.7 Å². The molecule has 0 atom stereocenters. The van der Waals surface area contributed by atoms with Gasteiger partial charge in [-0.15, -0.1) is 10.2 Å². The van der Waals surface area contributed by atoms with E-state index in [9.17, 15) is 0 Å². The lowest BCUT2D eigenvalue weighted by molar-refractivity contribution is 0.653. The maximum absolute atomic E-state index is 6.08. The lowest BCUT2D eigenvalue weighted by atomic mass is 10.1. The highest BCUT2D eigenvalue weighted by molar-refractivity contribution is 6.30. The van der Waals surface area contributed by atoms with Gasteiger partial charge in [-0.25, -0.2) is 0 Å². The van der Waals surface area contributed by atoms with E-state index in [0.717, 1.165) is 23.8 Å². The van der Waals surface area contributed by atoms with E-state index in [0.29, 0.717) is 11.2 Å². The van der Waals surface area contributed by atoms with Gasteiger partial charge in [0.2, 0.25) is 5.28 Å². The predicted octanol–water partition coefficient (Wildman–Crippen LogP) is 3.71. The van der Waals surface area contributed by atoms with Crippen molar-refractivity contribution in [3.8, 4) is 0 Å². The topological polar surface area (TPSA) is 30.7 Å². The Labute approximate surface area is 116 Å². The highest BCUT2D eigenvalue weighted by Gasteiger charge is 2.29. The first kappa shape index (κ1) is 12.0. The Balaban J connectivity index is 1.72. The monoisotopic (exact) mass is 281 g/mol. The first-order valence-corrected chi connectivity index (χ1v) is 6.82. The van der Waals surface area contributed by atoms with E-state index in [1.54, 1.807) is 0 Å². The zero-order chi connectivity index (χ0) is 12.5. The van der Waals surface area contributed by atoms with E-state index in [1.165, 1.54) is 18.4 Å².